The van der Waals surface area contributed by atoms with Gasteiger partial charge >= 0.3 is 5.97 Å². The molecule has 1 aliphatic heterocycles. The summed E-state index contributed by atoms with van der Waals surface area (Å²) in [5, 5.41) is 3.55. The van der Waals surface area contributed by atoms with Gasteiger partial charge in [-0.3, -0.25) is 0 Å². The van der Waals surface area contributed by atoms with Gasteiger partial charge in [0.25, 0.3) is 0 Å². The van der Waals surface area contributed by atoms with Crippen LogP contribution in [-0.2, 0) is 20.7 Å². The number of hydrogen-bond donors (Lipinski definition) is 1. The molecule has 5 nitrogen and oxygen atoms in total. The van der Waals surface area contributed by atoms with Gasteiger partial charge in [0, 0.05) is 38.3 Å². The third kappa shape index (κ3) is 5.48. The SMILES string of the molecule is CCOC(=O)C(Cc1cccc(N2CCC(Nc3ccccc3)CC2)c1F)OC. The van der Waals surface area contributed by atoms with Crippen molar-refractivity contribution >= 4 is 17.3 Å². The molecule has 0 aliphatic carbocycles. The molecule has 1 fully saturated rings. The van der Waals surface area contributed by atoms with Crippen LogP contribution in [0.3, 0.4) is 0 Å². The maximum Gasteiger partial charge on any atom is 0.335 e. The fourth-order valence-electron chi connectivity index (χ4n) is 3.70. The summed E-state index contributed by atoms with van der Waals surface area (Å²) in [5.41, 5.74) is 2.16. The second kappa shape index (κ2) is 10.3. The van der Waals surface area contributed by atoms with Gasteiger partial charge in [-0.1, -0.05) is 30.3 Å². The van der Waals surface area contributed by atoms with Crippen molar-refractivity contribution in [1.29, 1.82) is 0 Å². The van der Waals surface area contributed by atoms with Crippen molar-refractivity contribution in [1.82, 2.24) is 0 Å². The summed E-state index contributed by atoms with van der Waals surface area (Å²) in [4.78, 5) is 14.1. The van der Waals surface area contributed by atoms with Crippen LogP contribution in [-0.4, -0.2) is 44.9 Å². The molecule has 0 spiro atoms. The van der Waals surface area contributed by atoms with E-state index in [9.17, 15) is 4.79 Å². The summed E-state index contributed by atoms with van der Waals surface area (Å²) in [6, 6.07) is 15.9. The number of rotatable bonds is 8. The molecule has 156 valence electrons. The summed E-state index contributed by atoms with van der Waals surface area (Å²) in [6.45, 7) is 3.56. The molecule has 0 amide bonds. The summed E-state index contributed by atoms with van der Waals surface area (Å²) in [7, 11) is 1.44. The Bertz CT molecular complexity index is 792. The number of halogens is 1. The van der Waals surface area contributed by atoms with E-state index < -0.39 is 12.1 Å². The van der Waals surface area contributed by atoms with E-state index in [0.29, 0.717) is 17.3 Å². The molecule has 1 N–H and O–H groups in total. The van der Waals surface area contributed by atoms with E-state index in [0.717, 1.165) is 31.6 Å². The lowest BCUT2D eigenvalue weighted by Gasteiger charge is -2.35. The number of benzene rings is 2. The Labute approximate surface area is 171 Å². The standard InChI is InChI=1S/C23H29FN2O3/c1-3-29-23(27)21(28-2)16-17-8-7-11-20(22(17)24)26-14-12-19(13-15-26)25-18-9-5-4-6-10-18/h4-11,19,21,25H,3,12-16H2,1-2H3. The first-order valence-corrected chi connectivity index (χ1v) is 10.2. The normalized spacial score (nSPS) is 15.8. The first-order chi connectivity index (χ1) is 14.1. The van der Waals surface area contributed by atoms with E-state index in [1.165, 1.54) is 7.11 Å². The van der Waals surface area contributed by atoms with Crippen LogP contribution >= 0.6 is 0 Å². The van der Waals surface area contributed by atoms with Crippen molar-refractivity contribution < 1.29 is 18.7 Å². The van der Waals surface area contributed by atoms with E-state index >= 15 is 4.39 Å². The van der Waals surface area contributed by atoms with Crippen molar-refractivity contribution in [2.24, 2.45) is 0 Å². The molecular weight excluding hydrogens is 371 g/mol. The van der Waals surface area contributed by atoms with E-state index in [2.05, 4.69) is 22.3 Å². The first kappa shape index (κ1) is 21.1. The number of esters is 1. The molecule has 1 saturated heterocycles. The van der Waals surface area contributed by atoms with Gasteiger partial charge in [-0.25, -0.2) is 9.18 Å². The first-order valence-electron chi connectivity index (χ1n) is 10.2. The van der Waals surface area contributed by atoms with Gasteiger partial charge in [0.15, 0.2) is 6.10 Å². The van der Waals surface area contributed by atoms with Crippen LogP contribution in [0.25, 0.3) is 0 Å². The molecule has 3 rings (SSSR count). The third-order valence-electron chi connectivity index (χ3n) is 5.28. The molecule has 1 heterocycles. The Morgan fingerprint density at radius 1 is 1.17 bits per heavy atom. The quantitative estimate of drug-likeness (QED) is 0.678. The fourth-order valence-corrected chi connectivity index (χ4v) is 3.70. The van der Waals surface area contributed by atoms with Crippen molar-refractivity contribution in [3.05, 3.63) is 59.9 Å². The Kier molecular flexibility index (Phi) is 7.47. The molecule has 29 heavy (non-hydrogen) atoms. The van der Waals surface area contributed by atoms with Crippen LogP contribution < -0.4 is 10.2 Å². The molecule has 0 bridgehead atoms. The van der Waals surface area contributed by atoms with Gasteiger partial charge in [-0.2, -0.15) is 0 Å². The number of anilines is 2. The summed E-state index contributed by atoms with van der Waals surface area (Å²) < 4.78 is 25.4. The monoisotopic (exact) mass is 400 g/mol. The molecule has 6 heteroatoms. The number of ether oxygens (including phenoxy) is 2. The molecule has 1 atom stereocenters. The highest BCUT2D eigenvalue weighted by Gasteiger charge is 2.25. The zero-order valence-electron chi connectivity index (χ0n) is 17.1. The Morgan fingerprint density at radius 3 is 2.55 bits per heavy atom. The molecule has 0 aromatic heterocycles. The highest BCUT2D eigenvalue weighted by molar-refractivity contribution is 5.75. The fraction of sp³-hybridized carbons (Fsp3) is 0.435. The van der Waals surface area contributed by atoms with E-state index in [4.69, 9.17) is 9.47 Å². The number of carbonyl (C=O) groups is 1. The van der Waals surface area contributed by atoms with Gasteiger partial charge < -0.3 is 19.7 Å². The lowest BCUT2D eigenvalue weighted by molar-refractivity contribution is -0.154. The van der Waals surface area contributed by atoms with E-state index in [1.54, 1.807) is 19.1 Å². The summed E-state index contributed by atoms with van der Waals surface area (Å²) in [5.74, 6) is -0.749. The van der Waals surface area contributed by atoms with Crippen molar-refractivity contribution in [2.45, 2.75) is 38.3 Å². The Hall–Kier alpha value is -2.60. The van der Waals surface area contributed by atoms with Crippen LogP contribution in [0, 0.1) is 5.82 Å². The minimum absolute atomic E-state index is 0.154. The van der Waals surface area contributed by atoms with Crippen LogP contribution in [0.5, 0.6) is 0 Å². The average Bonchev–Trinajstić information content (AvgIpc) is 2.74. The van der Waals surface area contributed by atoms with Gasteiger partial charge in [0.2, 0.25) is 0 Å². The highest BCUT2D eigenvalue weighted by Crippen LogP contribution is 2.27. The topological polar surface area (TPSA) is 50.8 Å². The van der Waals surface area contributed by atoms with Gasteiger partial charge in [-0.15, -0.1) is 0 Å². The van der Waals surface area contributed by atoms with E-state index in [-0.39, 0.29) is 18.8 Å². The molecule has 1 aliphatic rings. The molecule has 1 unspecified atom stereocenters. The predicted octanol–water partition coefficient (Wildman–Crippen LogP) is 4.03. The number of hydrogen-bond acceptors (Lipinski definition) is 5. The molecule has 2 aromatic carbocycles. The van der Waals surface area contributed by atoms with Crippen LogP contribution in [0.1, 0.15) is 25.3 Å². The lowest BCUT2D eigenvalue weighted by atomic mass is 10.0. The largest absolute Gasteiger partial charge is 0.464 e. The van der Waals surface area contributed by atoms with Gasteiger partial charge in [0.05, 0.1) is 12.3 Å². The second-order valence-corrected chi connectivity index (χ2v) is 7.20. The van der Waals surface area contributed by atoms with Crippen LogP contribution in [0.15, 0.2) is 48.5 Å². The molecule has 0 saturated carbocycles. The number of methoxy groups -OCH3 is 1. The number of nitrogens with zero attached hydrogens (tertiary/aromatic N) is 1. The third-order valence-corrected chi connectivity index (χ3v) is 5.28. The maximum atomic E-state index is 15.2. The van der Waals surface area contributed by atoms with Gasteiger partial charge in [0.1, 0.15) is 5.82 Å². The second-order valence-electron chi connectivity index (χ2n) is 7.20. The molecule has 0 radical (unpaired) electrons. The highest BCUT2D eigenvalue weighted by atomic mass is 19.1. The predicted molar refractivity (Wildman–Crippen MR) is 113 cm³/mol. The minimum atomic E-state index is -0.805. The van der Waals surface area contributed by atoms with Crippen molar-refractivity contribution in [3.8, 4) is 0 Å². The number of carbonyl (C=O) groups excluding carboxylic acids is 1. The number of para-hydroxylation sites is 1. The van der Waals surface area contributed by atoms with Crippen LogP contribution in [0.4, 0.5) is 15.8 Å². The summed E-state index contributed by atoms with van der Waals surface area (Å²) in [6.07, 6.45) is 1.21. The zero-order chi connectivity index (χ0) is 20.6. The Morgan fingerprint density at radius 2 is 1.90 bits per heavy atom. The van der Waals surface area contributed by atoms with Crippen molar-refractivity contribution in [2.75, 3.05) is 37.0 Å². The van der Waals surface area contributed by atoms with Gasteiger partial charge in [-0.05, 0) is 43.5 Å². The average molecular weight is 400 g/mol. The smallest absolute Gasteiger partial charge is 0.335 e. The molecular formula is C23H29FN2O3. The maximum absolute atomic E-state index is 15.2. The lowest BCUT2D eigenvalue weighted by Crippen LogP contribution is -2.39. The molecule has 2 aromatic rings. The zero-order valence-corrected chi connectivity index (χ0v) is 17.1. The minimum Gasteiger partial charge on any atom is -0.464 e. The number of nitrogens with one attached hydrogen (secondary N) is 1. The van der Waals surface area contributed by atoms with Crippen LogP contribution in [0.2, 0.25) is 0 Å². The van der Waals surface area contributed by atoms with Crippen molar-refractivity contribution in [3.63, 3.8) is 0 Å². The Balaban J connectivity index is 1.63. The van der Waals surface area contributed by atoms with E-state index in [1.807, 2.05) is 24.3 Å². The summed E-state index contributed by atoms with van der Waals surface area (Å²) >= 11 is 0. The number of piperidine rings is 1.